The van der Waals surface area contributed by atoms with Crippen molar-refractivity contribution in [2.24, 2.45) is 0 Å². The smallest absolute Gasteiger partial charge is 0.320 e. The number of hydrogen-bond donors (Lipinski definition) is 2. The molecule has 20 heavy (non-hydrogen) atoms. The Labute approximate surface area is 121 Å². The molecule has 0 bridgehead atoms. The van der Waals surface area contributed by atoms with Crippen LogP contribution in [0, 0.1) is 0 Å². The number of thioether (sulfide) groups is 1. The molecule has 0 saturated heterocycles. The second-order valence-electron chi connectivity index (χ2n) is 4.28. The van der Waals surface area contributed by atoms with E-state index in [9.17, 15) is 15.0 Å². The Hall–Kier alpha value is -1.54. The molecule has 0 radical (unpaired) electrons. The summed E-state index contributed by atoms with van der Waals surface area (Å²) in [7, 11) is 2.88. The zero-order valence-electron chi connectivity index (χ0n) is 11.8. The number of carboxylic acid groups (broad SMARTS) is 1. The standard InChI is InChI=1S/C12H18N2O5S/c1-5-12(2,17)9(10(15)16)20-11-13-7(18-3)6-8(14-11)19-4/h6,9,17H,5H2,1-4H3,(H,15,16). The number of aromatic nitrogens is 2. The SMILES string of the molecule is CCC(C)(O)C(Sc1nc(OC)cc(OC)n1)C(=O)O. The molecular formula is C12H18N2O5S. The minimum Gasteiger partial charge on any atom is -0.481 e. The molecule has 1 aromatic rings. The van der Waals surface area contributed by atoms with Crippen molar-refractivity contribution in [3.8, 4) is 11.8 Å². The monoisotopic (exact) mass is 302 g/mol. The number of carboxylic acids is 1. The second kappa shape index (κ2) is 6.76. The number of hydrogen-bond acceptors (Lipinski definition) is 7. The van der Waals surface area contributed by atoms with Crippen LogP contribution in [-0.4, -0.2) is 51.2 Å². The van der Waals surface area contributed by atoms with Crippen molar-refractivity contribution in [1.82, 2.24) is 9.97 Å². The molecule has 8 heteroatoms. The predicted octanol–water partition coefficient (Wildman–Crippen LogP) is 1.20. The quantitative estimate of drug-likeness (QED) is 0.572. The molecule has 2 unspecified atom stereocenters. The number of carbonyl (C=O) groups is 1. The molecule has 2 atom stereocenters. The molecule has 0 aliphatic heterocycles. The Morgan fingerprint density at radius 2 is 1.90 bits per heavy atom. The Morgan fingerprint density at radius 3 is 2.25 bits per heavy atom. The third-order valence-corrected chi connectivity index (χ3v) is 4.14. The van der Waals surface area contributed by atoms with Crippen LogP contribution in [0.4, 0.5) is 0 Å². The summed E-state index contributed by atoms with van der Waals surface area (Å²) in [6, 6.07) is 1.48. The average Bonchev–Trinajstić information content (AvgIpc) is 2.43. The van der Waals surface area contributed by atoms with Gasteiger partial charge in [-0.3, -0.25) is 4.79 Å². The average molecular weight is 302 g/mol. The Morgan fingerprint density at radius 1 is 1.40 bits per heavy atom. The highest BCUT2D eigenvalue weighted by Gasteiger charge is 2.38. The lowest BCUT2D eigenvalue weighted by Crippen LogP contribution is -2.42. The maximum absolute atomic E-state index is 11.3. The Balaban J connectivity index is 3.08. The van der Waals surface area contributed by atoms with Crippen molar-refractivity contribution in [1.29, 1.82) is 0 Å². The third kappa shape index (κ3) is 3.97. The summed E-state index contributed by atoms with van der Waals surface area (Å²) in [4.78, 5) is 19.4. The van der Waals surface area contributed by atoms with Gasteiger partial charge in [0.05, 0.1) is 25.9 Å². The number of rotatable bonds is 7. The van der Waals surface area contributed by atoms with Crippen LogP contribution in [0.1, 0.15) is 20.3 Å². The van der Waals surface area contributed by atoms with Crippen LogP contribution in [0.2, 0.25) is 0 Å². The van der Waals surface area contributed by atoms with Crippen molar-refractivity contribution in [3.63, 3.8) is 0 Å². The van der Waals surface area contributed by atoms with Crippen LogP contribution in [0.25, 0.3) is 0 Å². The summed E-state index contributed by atoms with van der Waals surface area (Å²) in [5.74, 6) is -0.605. The highest BCUT2D eigenvalue weighted by molar-refractivity contribution is 8.00. The van der Waals surface area contributed by atoms with Gasteiger partial charge in [0.25, 0.3) is 0 Å². The molecule has 112 valence electrons. The summed E-state index contributed by atoms with van der Waals surface area (Å²) in [6.45, 7) is 3.18. The normalized spacial score (nSPS) is 15.2. The summed E-state index contributed by atoms with van der Waals surface area (Å²) >= 11 is 0.856. The van der Waals surface area contributed by atoms with Crippen molar-refractivity contribution in [2.75, 3.05) is 14.2 Å². The number of aliphatic carboxylic acids is 1. The lowest BCUT2D eigenvalue weighted by Gasteiger charge is -2.27. The van der Waals surface area contributed by atoms with Gasteiger partial charge >= 0.3 is 5.97 Å². The molecule has 0 amide bonds. The number of nitrogens with zero attached hydrogens (tertiary/aromatic N) is 2. The van der Waals surface area contributed by atoms with Gasteiger partial charge in [-0.2, -0.15) is 9.97 Å². The van der Waals surface area contributed by atoms with E-state index < -0.39 is 16.8 Å². The van der Waals surface area contributed by atoms with Crippen LogP contribution in [0.5, 0.6) is 11.8 Å². The largest absolute Gasteiger partial charge is 0.481 e. The van der Waals surface area contributed by atoms with E-state index in [-0.39, 0.29) is 23.3 Å². The zero-order chi connectivity index (χ0) is 15.3. The summed E-state index contributed by atoms with van der Waals surface area (Å²) in [5, 5.41) is 18.5. The van der Waals surface area contributed by atoms with Crippen molar-refractivity contribution < 1.29 is 24.5 Å². The summed E-state index contributed by atoms with van der Waals surface area (Å²) in [6.07, 6.45) is 0.290. The molecule has 0 fully saturated rings. The molecule has 2 N–H and O–H groups in total. The van der Waals surface area contributed by atoms with Crippen LogP contribution < -0.4 is 9.47 Å². The van der Waals surface area contributed by atoms with Crippen LogP contribution in [0.15, 0.2) is 11.2 Å². The first-order chi connectivity index (χ1) is 9.33. The van der Waals surface area contributed by atoms with E-state index in [2.05, 4.69) is 9.97 Å². The van der Waals surface area contributed by atoms with E-state index in [1.54, 1.807) is 6.92 Å². The third-order valence-electron chi connectivity index (χ3n) is 2.81. The lowest BCUT2D eigenvalue weighted by atomic mass is 9.99. The summed E-state index contributed by atoms with van der Waals surface area (Å²) < 4.78 is 9.99. The molecule has 1 heterocycles. The van der Waals surface area contributed by atoms with E-state index >= 15 is 0 Å². The maximum Gasteiger partial charge on any atom is 0.320 e. The van der Waals surface area contributed by atoms with Gasteiger partial charge in [-0.1, -0.05) is 18.7 Å². The molecule has 0 saturated carbocycles. The van der Waals surface area contributed by atoms with Gasteiger partial charge in [0.1, 0.15) is 5.25 Å². The number of ether oxygens (including phenoxy) is 2. The maximum atomic E-state index is 11.3. The molecule has 7 nitrogen and oxygen atoms in total. The first kappa shape index (κ1) is 16.5. The molecule has 0 aromatic carbocycles. The van der Waals surface area contributed by atoms with Crippen molar-refractivity contribution in [3.05, 3.63) is 6.07 Å². The van der Waals surface area contributed by atoms with Crippen LogP contribution in [0.3, 0.4) is 0 Å². The fourth-order valence-electron chi connectivity index (χ4n) is 1.38. The van der Waals surface area contributed by atoms with Crippen molar-refractivity contribution in [2.45, 2.75) is 36.3 Å². The van der Waals surface area contributed by atoms with Gasteiger partial charge < -0.3 is 19.7 Å². The van der Waals surface area contributed by atoms with Gasteiger partial charge in [0.2, 0.25) is 11.8 Å². The fourth-order valence-corrected chi connectivity index (χ4v) is 2.40. The molecule has 1 aromatic heterocycles. The molecule has 0 aliphatic carbocycles. The number of aliphatic hydroxyl groups is 1. The second-order valence-corrected chi connectivity index (χ2v) is 5.35. The first-order valence-electron chi connectivity index (χ1n) is 5.93. The van der Waals surface area contributed by atoms with Gasteiger partial charge in [-0.05, 0) is 13.3 Å². The highest BCUT2D eigenvalue weighted by atomic mass is 32.2. The van der Waals surface area contributed by atoms with Crippen LogP contribution >= 0.6 is 11.8 Å². The van der Waals surface area contributed by atoms with E-state index in [1.807, 2.05) is 0 Å². The fraction of sp³-hybridized carbons (Fsp3) is 0.583. The molecule has 0 spiro atoms. The predicted molar refractivity (Wildman–Crippen MR) is 73.3 cm³/mol. The Bertz CT molecular complexity index is 459. The van der Waals surface area contributed by atoms with E-state index in [0.717, 1.165) is 11.8 Å². The van der Waals surface area contributed by atoms with E-state index in [4.69, 9.17) is 9.47 Å². The van der Waals surface area contributed by atoms with Crippen LogP contribution in [-0.2, 0) is 4.79 Å². The van der Waals surface area contributed by atoms with E-state index in [0.29, 0.717) is 0 Å². The van der Waals surface area contributed by atoms with Crippen molar-refractivity contribution >= 4 is 17.7 Å². The lowest BCUT2D eigenvalue weighted by molar-refractivity contribution is -0.140. The molecular weight excluding hydrogens is 284 g/mol. The van der Waals surface area contributed by atoms with Gasteiger partial charge in [-0.25, -0.2) is 0 Å². The van der Waals surface area contributed by atoms with E-state index in [1.165, 1.54) is 27.2 Å². The minimum atomic E-state index is -1.38. The topological polar surface area (TPSA) is 102 Å². The molecule has 1 rings (SSSR count). The Kier molecular flexibility index (Phi) is 5.58. The minimum absolute atomic E-state index is 0.169. The number of methoxy groups -OCH3 is 2. The molecule has 0 aliphatic rings. The first-order valence-corrected chi connectivity index (χ1v) is 6.81. The summed E-state index contributed by atoms with van der Waals surface area (Å²) in [5.41, 5.74) is -1.38. The van der Waals surface area contributed by atoms with Gasteiger partial charge in [-0.15, -0.1) is 0 Å². The highest BCUT2D eigenvalue weighted by Crippen LogP contribution is 2.32. The van der Waals surface area contributed by atoms with Gasteiger partial charge in [0, 0.05) is 0 Å². The van der Waals surface area contributed by atoms with Gasteiger partial charge in [0.15, 0.2) is 5.16 Å². The zero-order valence-corrected chi connectivity index (χ0v) is 12.6.